The second-order valence-electron chi connectivity index (χ2n) is 10.5. The van der Waals surface area contributed by atoms with Gasteiger partial charge in [0.05, 0.1) is 6.54 Å². The zero-order valence-electron chi connectivity index (χ0n) is 22.6. The third-order valence-electron chi connectivity index (χ3n) is 7.65. The molecule has 9 nitrogen and oxygen atoms in total. The van der Waals surface area contributed by atoms with Gasteiger partial charge in [0.15, 0.2) is 5.78 Å². The fraction of sp³-hybridized carbons (Fsp3) is 0.355. The maximum atomic E-state index is 13.6. The summed E-state index contributed by atoms with van der Waals surface area (Å²) in [5.74, 6) is -0.655. The van der Waals surface area contributed by atoms with Gasteiger partial charge in [-0.25, -0.2) is 0 Å². The number of rotatable bonds is 1. The van der Waals surface area contributed by atoms with E-state index in [1.165, 1.54) is 4.90 Å². The highest BCUT2D eigenvalue weighted by atomic mass is 16.3. The number of hydrogen-bond acceptors (Lipinski definition) is 5. The molecule has 2 aromatic carbocycles. The third kappa shape index (κ3) is 5.78. The molecule has 3 aromatic rings. The van der Waals surface area contributed by atoms with Crippen LogP contribution in [0.2, 0.25) is 0 Å². The van der Waals surface area contributed by atoms with Crippen LogP contribution in [-0.4, -0.2) is 64.7 Å². The minimum atomic E-state index is -0.312. The number of amides is 3. The van der Waals surface area contributed by atoms with Crippen LogP contribution in [0.25, 0.3) is 11.1 Å². The Bertz CT molecular complexity index is 1470. The molecule has 0 unspecified atom stereocenters. The monoisotopic (exact) mass is 542 g/mol. The van der Waals surface area contributed by atoms with Crippen molar-refractivity contribution in [2.24, 2.45) is 0 Å². The molecule has 5 rings (SSSR count). The van der Waals surface area contributed by atoms with Crippen molar-refractivity contribution >= 4 is 23.5 Å². The van der Waals surface area contributed by atoms with Crippen molar-refractivity contribution < 1.29 is 24.3 Å². The first-order valence-corrected chi connectivity index (χ1v) is 13.8. The summed E-state index contributed by atoms with van der Waals surface area (Å²) in [5, 5.41) is 16.3. The molecule has 2 aliphatic rings. The number of aromatic amines is 1. The quantitative estimate of drug-likeness (QED) is 0.374. The van der Waals surface area contributed by atoms with Gasteiger partial charge < -0.3 is 25.6 Å². The number of aromatic nitrogens is 1. The molecule has 2 heterocycles. The number of phenols is 1. The van der Waals surface area contributed by atoms with Gasteiger partial charge in [-0.2, -0.15) is 0 Å². The predicted octanol–water partition coefficient (Wildman–Crippen LogP) is 3.54. The Labute approximate surface area is 233 Å². The van der Waals surface area contributed by atoms with Gasteiger partial charge in [0, 0.05) is 48.4 Å². The highest BCUT2D eigenvalue weighted by Crippen LogP contribution is 2.31. The summed E-state index contributed by atoms with van der Waals surface area (Å²) in [7, 11) is 0. The highest BCUT2D eigenvalue weighted by molar-refractivity contribution is 6.04. The maximum absolute atomic E-state index is 13.6. The topological polar surface area (TPSA) is 132 Å². The minimum absolute atomic E-state index is 0.0465. The van der Waals surface area contributed by atoms with E-state index in [1.807, 2.05) is 12.1 Å². The van der Waals surface area contributed by atoms with E-state index in [9.17, 15) is 24.3 Å². The minimum Gasteiger partial charge on any atom is -0.507 e. The number of aryl methyl sites for hydroxylation is 1. The lowest BCUT2D eigenvalue weighted by molar-refractivity contribution is -0.121. The lowest BCUT2D eigenvalue weighted by atomic mass is 9.94. The number of benzene rings is 2. The highest BCUT2D eigenvalue weighted by Gasteiger charge is 2.29. The van der Waals surface area contributed by atoms with Gasteiger partial charge in [0.2, 0.25) is 5.91 Å². The van der Waals surface area contributed by atoms with Gasteiger partial charge in [0.1, 0.15) is 11.4 Å². The summed E-state index contributed by atoms with van der Waals surface area (Å²) in [5.41, 5.74) is 5.15. The summed E-state index contributed by atoms with van der Waals surface area (Å²) in [6.45, 7) is 2.76. The molecule has 3 amide bonds. The van der Waals surface area contributed by atoms with Gasteiger partial charge in [-0.05, 0) is 80.0 Å². The number of phenolic OH excluding ortho intramolecular Hbond substituents is 1. The fourth-order valence-electron chi connectivity index (χ4n) is 5.50. The first-order valence-electron chi connectivity index (χ1n) is 13.8. The smallest absolute Gasteiger partial charge is 0.271 e. The van der Waals surface area contributed by atoms with E-state index in [2.05, 4.69) is 15.6 Å². The summed E-state index contributed by atoms with van der Waals surface area (Å²) in [6, 6.07) is 12.4. The van der Waals surface area contributed by atoms with Crippen molar-refractivity contribution in [3.63, 3.8) is 0 Å². The van der Waals surface area contributed by atoms with Crippen LogP contribution in [-0.2, 0) is 17.6 Å². The van der Waals surface area contributed by atoms with Crippen LogP contribution in [0.15, 0.2) is 42.5 Å². The van der Waals surface area contributed by atoms with Crippen molar-refractivity contribution in [1.29, 1.82) is 0 Å². The number of carbonyl (C=O) groups is 4. The molecule has 0 fully saturated rings. The molecule has 1 aliphatic carbocycles. The number of hydrogen-bond donors (Lipinski definition) is 4. The normalized spacial score (nSPS) is 16.8. The number of carbonyl (C=O) groups excluding carboxylic acids is 4. The number of ketones is 1. The van der Waals surface area contributed by atoms with Crippen LogP contribution >= 0.6 is 0 Å². The van der Waals surface area contributed by atoms with E-state index in [0.717, 1.165) is 29.7 Å². The molecule has 0 spiro atoms. The molecule has 4 N–H and O–H groups in total. The zero-order chi connectivity index (χ0) is 28.2. The van der Waals surface area contributed by atoms with E-state index < -0.39 is 0 Å². The lowest BCUT2D eigenvalue weighted by Crippen LogP contribution is -2.42. The number of fused-ring (bicyclic) bond motifs is 6. The summed E-state index contributed by atoms with van der Waals surface area (Å²) >= 11 is 0. The molecular formula is C31H34N4O5. The second kappa shape index (κ2) is 11.8. The summed E-state index contributed by atoms with van der Waals surface area (Å²) in [6.07, 6.45) is 3.66. The Kier molecular flexibility index (Phi) is 8.00. The van der Waals surface area contributed by atoms with Gasteiger partial charge in [-0.1, -0.05) is 18.2 Å². The van der Waals surface area contributed by atoms with Crippen LogP contribution in [0.4, 0.5) is 0 Å². The first kappa shape index (κ1) is 27.2. The molecule has 9 heteroatoms. The number of nitrogens with zero attached hydrogens (tertiary/aromatic N) is 1. The van der Waals surface area contributed by atoms with Crippen LogP contribution in [0.3, 0.4) is 0 Å². The van der Waals surface area contributed by atoms with E-state index in [0.29, 0.717) is 73.3 Å². The van der Waals surface area contributed by atoms with Gasteiger partial charge >= 0.3 is 0 Å². The van der Waals surface area contributed by atoms with Crippen LogP contribution in [0.1, 0.15) is 73.7 Å². The van der Waals surface area contributed by atoms with E-state index in [4.69, 9.17) is 0 Å². The first-order chi connectivity index (χ1) is 19.3. The van der Waals surface area contributed by atoms with Gasteiger partial charge in [-0.3, -0.25) is 19.2 Å². The van der Waals surface area contributed by atoms with Crippen LogP contribution in [0, 0.1) is 6.92 Å². The van der Waals surface area contributed by atoms with E-state index in [1.54, 1.807) is 37.3 Å². The Morgan fingerprint density at radius 1 is 0.900 bits per heavy atom. The predicted molar refractivity (Wildman–Crippen MR) is 151 cm³/mol. The molecule has 0 saturated heterocycles. The molecule has 4 bridgehead atoms. The van der Waals surface area contributed by atoms with Crippen molar-refractivity contribution in [3.05, 3.63) is 76.1 Å². The third-order valence-corrected chi connectivity index (χ3v) is 7.65. The summed E-state index contributed by atoms with van der Waals surface area (Å²) in [4.78, 5) is 56.5. The molecule has 1 aromatic heterocycles. The Balaban J connectivity index is 1.37. The maximum Gasteiger partial charge on any atom is 0.271 e. The standard InChI is InChI=1S/C31H34N4O5/c1-19-28-24(8-5-9-26(28)37)34-29(19)31(40)35-15-3-2-13-33-30(39)22-7-4-6-21(17-22)23-16-20(10-11-25(23)36)12-14-32-27(38)18-35/h4,6-7,10-11,16-17,34,36H,2-3,5,8-9,12-15,18H2,1H3,(H,32,38)(H,33,39). The average molecular weight is 543 g/mol. The van der Waals surface area contributed by atoms with Crippen molar-refractivity contribution in [2.75, 3.05) is 26.2 Å². The van der Waals surface area contributed by atoms with Gasteiger partial charge in [0.25, 0.3) is 11.8 Å². The molecule has 208 valence electrons. The number of nitrogens with one attached hydrogen (secondary N) is 3. The van der Waals surface area contributed by atoms with Crippen LogP contribution < -0.4 is 10.6 Å². The van der Waals surface area contributed by atoms with Crippen molar-refractivity contribution in [1.82, 2.24) is 20.5 Å². The zero-order valence-corrected chi connectivity index (χ0v) is 22.6. The molecular weight excluding hydrogens is 508 g/mol. The Morgan fingerprint density at radius 3 is 2.55 bits per heavy atom. The Morgan fingerprint density at radius 2 is 1.73 bits per heavy atom. The fourth-order valence-corrected chi connectivity index (χ4v) is 5.50. The lowest BCUT2D eigenvalue weighted by Gasteiger charge is -2.22. The molecule has 40 heavy (non-hydrogen) atoms. The van der Waals surface area contributed by atoms with Gasteiger partial charge in [-0.15, -0.1) is 0 Å². The van der Waals surface area contributed by atoms with Crippen molar-refractivity contribution in [2.45, 2.75) is 45.4 Å². The number of H-pyrrole nitrogens is 1. The number of aromatic hydroxyl groups is 1. The molecule has 0 radical (unpaired) electrons. The molecule has 0 atom stereocenters. The van der Waals surface area contributed by atoms with Crippen LogP contribution in [0.5, 0.6) is 5.75 Å². The molecule has 0 saturated carbocycles. The summed E-state index contributed by atoms with van der Waals surface area (Å²) < 4.78 is 0. The average Bonchev–Trinajstić information content (AvgIpc) is 3.29. The second-order valence-corrected chi connectivity index (χ2v) is 10.5. The SMILES string of the molecule is Cc1c(C(=O)N2CCCCNC(=O)c3cccc(c3)-c3cc(ccc3O)CCNC(=O)C2)[nH]c2c1C(=O)CCC2. The largest absolute Gasteiger partial charge is 0.507 e. The number of Topliss-reactive ketones (excluding diaryl/α,β-unsaturated/α-hetero) is 1. The van der Waals surface area contributed by atoms with E-state index in [-0.39, 0.29) is 35.8 Å². The van der Waals surface area contributed by atoms with Crippen molar-refractivity contribution in [3.8, 4) is 16.9 Å². The molecule has 1 aliphatic heterocycles. The van der Waals surface area contributed by atoms with E-state index >= 15 is 0 Å². The Hall–Kier alpha value is -4.40.